The van der Waals surface area contributed by atoms with Crippen LogP contribution in [0.4, 0.5) is 0 Å². The Morgan fingerprint density at radius 3 is 1.67 bits per heavy atom. The molecule has 2 rings (SSSR count). The van der Waals surface area contributed by atoms with E-state index in [-0.39, 0.29) is 22.3 Å². The minimum absolute atomic E-state index is 0.0180. The van der Waals surface area contributed by atoms with Crippen molar-refractivity contribution in [2.24, 2.45) is 11.3 Å². The Hall–Kier alpha value is -1.38. The topological polar surface area (TPSA) is 34.1 Å². The van der Waals surface area contributed by atoms with Gasteiger partial charge < -0.3 is 0 Å². The first kappa shape index (κ1) is 13.1. The van der Waals surface area contributed by atoms with Crippen LogP contribution in [0.5, 0.6) is 0 Å². The number of ketones is 2. The highest BCUT2D eigenvalue weighted by atomic mass is 16.2. The molecule has 0 aromatic heterocycles. The molecule has 0 unspecified atom stereocenters. The van der Waals surface area contributed by atoms with Crippen molar-refractivity contribution in [1.29, 1.82) is 0 Å². The molecular formula is C15H19BO2. The summed E-state index contributed by atoms with van der Waals surface area (Å²) in [7, 11) is 2.08. The zero-order valence-corrected chi connectivity index (χ0v) is 11.7. The predicted molar refractivity (Wildman–Crippen MR) is 75.0 cm³/mol. The molecule has 3 heteroatoms. The molecule has 0 atom stereocenters. The van der Waals surface area contributed by atoms with E-state index in [2.05, 4.69) is 21.7 Å². The molecule has 0 fully saturated rings. The van der Waals surface area contributed by atoms with Crippen LogP contribution in [0.25, 0.3) is 0 Å². The van der Waals surface area contributed by atoms with Crippen LogP contribution in [-0.2, 0) is 0 Å². The van der Waals surface area contributed by atoms with Crippen LogP contribution < -0.4 is 0 Å². The molecule has 1 aromatic rings. The maximum atomic E-state index is 12.5. The van der Waals surface area contributed by atoms with Gasteiger partial charge in [0.25, 0.3) is 0 Å². The molecule has 1 aromatic carbocycles. The first-order valence-corrected chi connectivity index (χ1v) is 6.35. The summed E-state index contributed by atoms with van der Waals surface area (Å²) in [5, 5.41) is -0.106. The van der Waals surface area contributed by atoms with Crippen LogP contribution in [0.1, 0.15) is 48.4 Å². The molecule has 0 radical (unpaired) electrons. The molecule has 0 saturated carbocycles. The Balaban J connectivity index is 2.53. The SMILES string of the molecule is BC(C)(C)C(C)(C)C1C(=O)c2ccccc2C1=O. The van der Waals surface area contributed by atoms with Crippen molar-refractivity contribution in [3.63, 3.8) is 0 Å². The zero-order chi connectivity index (χ0) is 13.7. The van der Waals surface area contributed by atoms with Crippen molar-refractivity contribution in [2.45, 2.75) is 33.0 Å². The number of carbonyl (C=O) groups is 2. The molecule has 0 spiro atoms. The van der Waals surface area contributed by atoms with Gasteiger partial charge in [0.2, 0.25) is 0 Å². The van der Waals surface area contributed by atoms with Gasteiger partial charge >= 0.3 is 0 Å². The van der Waals surface area contributed by atoms with Crippen LogP contribution in [0.2, 0.25) is 5.31 Å². The van der Waals surface area contributed by atoms with Gasteiger partial charge in [0, 0.05) is 11.1 Å². The molecule has 0 bridgehead atoms. The summed E-state index contributed by atoms with van der Waals surface area (Å²) in [4.78, 5) is 25.0. The van der Waals surface area contributed by atoms with Crippen molar-refractivity contribution in [3.8, 4) is 0 Å². The molecule has 0 saturated heterocycles. The third kappa shape index (κ3) is 1.65. The van der Waals surface area contributed by atoms with Crippen LogP contribution in [0.15, 0.2) is 24.3 Å². The predicted octanol–water partition coefficient (Wildman–Crippen LogP) is 2.54. The number of fused-ring (bicyclic) bond motifs is 1. The molecule has 18 heavy (non-hydrogen) atoms. The average molecular weight is 242 g/mol. The lowest BCUT2D eigenvalue weighted by Gasteiger charge is -2.42. The van der Waals surface area contributed by atoms with Crippen molar-refractivity contribution in [2.75, 3.05) is 0 Å². The van der Waals surface area contributed by atoms with E-state index in [1.165, 1.54) is 0 Å². The van der Waals surface area contributed by atoms with E-state index in [1.54, 1.807) is 12.1 Å². The van der Waals surface area contributed by atoms with Gasteiger partial charge in [-0.1, -0.05) is 57.3 Å². The molecule has 0 aliphatic heterocycles. The highest BCUT2D eigenvalue weighted by molar-refractivity contribution is 6.27. The number of benzene rings is 1. The van der Waals surface area contributed by atoms with E-state index in [4.69, 9.17) is 0 Å². The molecule has 1 aliphatic carbocycles. The quantitative estimate of drug-likeness (QED) is 0.590. The lowest BCUT2D eigenvalue weighted by atomic mass is 9.51. The molecule has 94 valence electrons. The Morgan fingerprint density at radius 1 is 0.944 bits per heavy atom. The van der Waals surface area contributed by atoms with Gasteiger partial charge in [0.1, 0.15) is 7.85 Å². The summed E-state index contributed by atoms with van der Waals surface area (Å²) in [6, 6.07) is 7.15. The fraction of sp³-hybridized carbons (Fsp3) is 0.467. The molecule has 2 nitrogen and oxygen atoms in total. The Kier molecular flexibility index (Phi) is 2.76. The summed E-state index contributed by atoms with van der Waals surface area (Å²) < 4.78 is 0. The fourth-order valence-corrected chi connectivity index (χ4v) is 2.43. The number of Topliss-reactive ketones (excluding diaryl/α,β-unsaturated/α-hetero) is 2. The van der Waals surface area contributed by atoms with E-state index < -0.39 is 5.92 Å². The van der Waals surface area contributed by atoms with Gasteiger partial charge in [0.15, 0.2) is 11.6 Å². The van der Waals surface area contributed by atoms with Crippen LogP contribution in [0.3, 0.4) is 0 Å². The lowest BCUT2D eigenvalue weighted by Crippen LogP contribution is -2.40. The maximum Gasteiger partial charge on any atom is 0.174 e. The lowest BCUT2D eigenvalue weighted by molar-refractivity contribution is 0.0647. The Labute approximate surface area is 109 Å². The van der Waals surface area contributed by atoms with Crippen molar-refractivity contribution in [3.05, 3.63) is 35.4 Å². The van der Waals surface area contributed by atoms with Gasteiger partial charge in [-0.2, -0.15) is 0 Å². The number of rotatable bonds is 2. The van der Waals surface area contributed by atoms with E-state index in [1.807, 2.05) is 26.0 Å². The second kappa shape index (κ2) is 3.81. The van der Waals surface area contributed by atoms with Gasteiger partial charge in [0.05, 0.1) is 5.92 Å². The second-order valence-electron chi connectivity index (χ2n) is 6.68. The third-order valence-electron chi connectivity index (χ3n) is 4.64. The summed E-state index contributed by atoms with van der Waals surface area (Å²) >= 11 is 0. The second-order valence-corrected chi connectivity index (χ2v) is 6.68. The van der Waals surface area contributed by atoms with Crippen molar-refractivity contribution < 1.29 is 9.59 Å². The first-order chi connectivity index (χ1) is 8.18. The summed E-state index contributed by atoms with van der Waals surface area (Å²) in [6.45, 7) is 8.19. The molecule has 0 heterocycles. The fourth-order valence-electron chi connectivity index (χ4n) is 2.43. The van der Waals surface area contributed by atoms with Gasteiger partial charge in [-0.3, -0.25) is 9.59 Å². The minimum atomic E-state index is -0.546. The monoisotopic (exact) mass is 242 g/mol. The van der Waals surface area contributed by atoms with E-state index >= 15 is 0 Å². The number of hydrogen-bond acceptors (Lipinski definition) is 2. The van der Waals surface area contributed by atoms with E-state index in [0.29, 0.717) is 11.1 Å². The van der Waals surface area contributed by atoms with E-state index in [0.717, 1.165) is 0 Å². The maximum absolute atomic E-state index is 12.5. The van der Waals surface area contributed by atoms with E-state index in [9.17, 15) is 9.59 Å². The Bertz CT molecular complexity index is 489. The van der Waals surface area contributed by atoms with Crippen LogP contribution >= 0.6 is 0 Å². The van der Waals surface area contributed by atoms with Crippen molar-refractivity contribution in [1.82, 2.24) is 0 Å². The summed E-state index contributed by atoms with van der Waals surface area (Å²) in [6.07, 6.45) is 0. The van der Waals surface area contributed by atoms with Gasteiger partial charge in [-0.25, -0.2) is 0 Å². The zero-order valence-electron chi connectivity index (χ0n) is 11.7. The van der Waals surface area contributed by atoms with Crippen LogP contribution in [0, 0.1) is 11.3 Å². The number of hydrogen-bond donors (Lipinski definition) is 0. The third-order valence-corrected chi connectivity index (χ3v) is 4.64. The summed E-state index contributed by atoms with van der Waals surface area (Å²) in [5.74, 6) is -0.582. The molecular weight excluding hydrogens is 223 g/mol. The molecule has 0 amide bonds. The molecule has 0 N–H and O–H groups in total. The normalized spacial score (nSPS) is 17.1. The largest absolute Gasteiger partial charge is 0.293 e. The van der Waals surface area contributed by atoms with Crippen molar-refractivity contribution >= 4 is 19.4 Å². The van der Waals surface area contributed by atoms with Gasteiger partial charge in [-0.15, -0.1) is 0 Å². The van der Waals surface area contributed by atoms with Gasteiger partial charge in [-0.05, 0) is 5.41 Å². The first-order valence-electron chi connectivity index (χ1n) is 6.35. The average Bonchev–Trinajstić information content (AvgIpc) is 2.51. The minimum Gasteiger partial charge on any atom is -0.293 e. The Morgan fingerprint density at radius 2 is 1.33 bits per heavy atom. The highest BCUT2D eigenvalue weighted by Crippen LogP contribution is 2.51. The number of carbonyl (C=O) groups excluding carboxylic acids is 2. The standard InChI is InChI=1S/C15H19BO2/c1-14(2,15(3,4)16)11-12(17)9-7-5-6-8-10(9)13(11)18/h5-8,11H,16H2,1-4H3. The highest BCUT2D eigenvalue weighted by Gasteiger charge is 2.51. The molecule has 1 aliphatic rings. The van der Waals surface area contributed by atoms with Crippen LogP contribution in [-0.4, -0.2) is 19.4 Å². The smallest absolute Gasteiger partial charge is 0.174 e. The summed E-state index contributed by atoms with van der Waals surface area (Å²) in [5.41, 5.74) is 0.815.